The summed E-state index contributed by atoms with van der Waals surface area (Å²) in [5.74, 6) is -0.417. The van der Waals surface area contributed by atoms with Crippen LogP contribution in [0.2, 0.25) is 0 Å². The number of hydrogen-bond donors (Lipinski definition) is 1. The van der Waals surface area contributed by atoms with Gasteiger partial charge in [-0.1, -0.05) is 13.8 Å². The topological polar surface area (TPSA) is 57.6 Å². The highest BCUT2D eigenvalue weighted by atomic mass is 32.2. The fourth-order valence-electron chi connectivity index (χ4n) is 1.21. The average Bonchev–Trinajstić information content (AvgIpc) is 2.13. The van der Waals surface area contributed by atoms with Crippen molar-refractivity contribution in [2.45, 2.75) is 45.4 Å². The number of carbonyl (C=O) groups is 2. The summed E-state index contributed by atoms with van der Waals surface area (Å²) in [6.07, 6.45) is 0.0102. The third-order valence-electron chi connectivity index (χ3n) is 2.05. The highest BCUT2D eigenvalue weighted by Gasteiger charge is 2.17. The minimum atomic E-state index is -0.866. The number of nitrogens with zero attached hydrogens (tertiary/aromatic N) is 1. The Morgan fingerprint density at radius 3 is 2.19 bits per heavy atom. The number of carboxylic acid groups (broad SMARTS) is 1. The van der Waals surface area contributed by atoms with Crippen LogP contribution in [0.4, 0.5) is 0 Å². The Kier molecular flexibility index (Phi) is 7.21. The van der Waals surface area contributed by atoms with E-state index in [0.29, 0.717) is 17.5 Å². The summed E-state index contributed by atoms with van der Waals surface area (Å²) >= 11 is 1.58. The summed E-state index contributed by atoms with van der Waals surface area (Å²) in [4.78, 5) is 23.9. The molecular formula is C11H21NO3S. The predicted octanol–water partition coefficient (Wildman–Crippen LogP) is 1.84. The molecule has 0 rings (SSSR count). The molecule has 0 aliphatic heterocycles. The van der Waals surface area contributed by atoms with Gasteiger partial charge in [0.15, 0.2) is 0 Å². The number of carboxylic acids is 1. The number of rotatable bonds is 7. The summed E-state index contributed by atoms with van der Waals surface area (Å²) < 4.78 is 0. The summed E-state index contributed by atoms with van der Waals surface area (Å²) in [5, 5.41) is 9.02. The number of thioether (sulfide) groups is 1. The second-order valence-corrected chi connectivity index (χ2v) is 5.75. The first-order valence-corrected chi connectivity index (χ1v) is 6.52. The van der Waals surface area contributed by atoms with Crippen LogP contribution in [-0.2, 0) is 9.59 Å². The van der Waals surface area contributed by atoms with Crippen LogP contribution in [0.3, 0.4) is 0 Å². The molecule has 0 saturated heterocycles. The second kappa shape index (κ2) is 7.54. The first kappa shape index (κ1) is 15.3. The fourth-order valence-corrected chi connectivity index (χ4v) is 1.85. The second-order valence-electron chi connectivity index (χ2n) is 4.18. The van der Waals surface area contributed by atoms with Gasteiger partial charge in [0, 0.05) is 12.6 Å². The normalized spacial score (nSPS) is 10.9. The molecule has 0 atom stereocenters. The Morgan fingerprint density at radius 2 is 1.81 bits per heavy atom. The van der Waals surface area contributed by atoms with Gasteiger partial charge in [-0.05, 0) is 19.1 Å². The maximum absolute atomic E-state index is 11.8. The number of aliphatic carboxylic acids is 1. The van der Waals surface area contributed by atoms with Crippen molar-refractivity contribution in [2.75, 3.05) is 12.3 Å². The van der Waals surface area contributed by atoms with Gasteiger partial charge in [0.2, 0.25) is 5.91 Å². The molecule has 5 heteroatoms. The largest absolute Gasteiger partial charge is 0.481 e. The molecule has 0 bridgehead atoms. The monoisotopic (exact) mass is 247 g/mol. The maximum Gasteiger partial charge on any atom is 0.305 e. The average molecular weight is 247 g/mol. The Balaban J connectivity index is 4.19. The Hall–Kier alpha value is -0.710. The molecule has 0 radical (unpaired) electrons. The predicted molar refractivity (Wildman–Crippen MR) is 66.7 cm³/mol. The van der Waals surface area contributed by atoms with Gasteiger partial charge in [-0.15, -0.1) is 11.8 Å². The molecule has 0 heterocycles. The summed E-state index contributed by atoms with van der Waals surface area (Å²) in [6.45, 7) is 8.17. The molecule has 1 N–H and O–H groups in total. The summed E-state index contributed by atoms with van der Waals surface area (Å²) in [5.41, 5.74) is 0. The van der Waals surface area contributed by atoms with Gasteiger partial charge in [0.05, 0.1) is 12.2 Å². The van der Waals surface area contributed by atoms with E-state index in [-0.39, 0.29) is 18.4 Å². The van der Waals surface area contributed by atoms with E-state index in [0.717, 1.165) is 0 Å². The molecule has 1 amide bonds. The van der Waals surface area contributed by atoms with Gasteiger partial charge >= 0.3 is 5.97 Å². The molecular weight excluding hydrogens is 226 g/mol. The SMILES string of the molecule is CC(C)SCC(=O)N(CCC(=O)O)C(C)C. The van der Waals surface area contributed by atoms with Crippen LogP contribution >= 0.6 is 11.8 Å². The Bertz CT molecular complexity index is 241. The van der Waals surface area contributed by atoms with Crippen LogP contribution in [0.25, 0.3) is 0 Å². The van der Waals surface area contributed by atoms with Crippen LogP contribution in [0.5, 0.6) is 0 Å². The van der Waals surface area contributed by atoms with Gasteiger partial charge in [0.1, 0.15) is 0 Å². The van der Waals surface area contributed by atoms with Gasteiger partial charge in [-0.2, -0.15) is 0 Å². The highest BCUT2D eigenvalue weighted by Crippen LogP contribution is 2.11. The number of amides is 1. The van der Waals surface area contributed by atoms with Crippen molar-refractivity contribution in [2.24, 2.45) is 0 Å². The molecule has 0 saturated carbocycles. The van der Waals surface area contributed by atoms with E-state index in [4.69, 9.17) is 5.11 Å². The van der Waals surface area contributed by atoms with E-state index in [1.807, 2.05) is 27.7 Å². The molecule has 0 aromatic rings. The lowest BCUT2D eigenvalue weighted by Gasteiger charge is -2.26. The molecule has 94 valence electrons. The minimum Gasteiger partial charge on any atom is -0.481 e. The highest BCUT2D eigenvalue weighted by molar-refractivity contribution is 8.00. The van der Waals surface area contributed by atoms with Crippen molar-refractivity contribution in [3.8, 4) is 0 Å². The van der Waals surface area contributed by atoms with Crippen LogP contribution in [0.15, 0.2) is 0 Å². The zero-order valence-corrected chi connectivity index (χ0v) is 11.2. The van der Waals surface area contributed by atoms with Crippen molar-refractivity contribution in [1.29, 1.82) is 0 Å². The lowest BCUT2D eigenvalue weighted by atomic mass is 10.3. The molecule has 0 unspecified atom stereocenters. The molecule has 4 nitrogen and oxygen atoms in total. The van der Waals surface area contributed by atoms with Gasteiger partial charge in [0.25, 0.3) is 0 Å². The Morgan fingerprint density at radius 1 is 1.25 bits per heavy atom. The summed E-state index contributed by atoms with van der Waals surface area (Å²) in [7, 11) is 0. The molecule has 0 aromatic carbocycles. The van der Waals surface area contributed by atoms with Crippen LogP contribution in [0, 0.1) is 0 Å². The van der Waals surface area contributed by atoms with Gasteiger partial charge in [-0.3, -0.25) is 9.59 Å². The third-order valence-corrected chi connectivity index (χ3v) is 3.13. The fraction of sp³-hybridized carbons (Fsp3) is 0.818. The molecule has 0 fully saturated rings. The van der Waals surface area contributed by atoms with E-state index in [9.17, 15) is 9.59 Å². The van der Waals surface area contributed by atoms with Crippen LogP contribution in [-0.4, -0.2) is 45.5 Å². The van der Waals surface area contributed by atoms with E-state index in [1.165, 1.54) is 0 Å². The first-order valence-electron chi connectivity index (χ1n) is 5.47. The molecule has 0 aliphatic carbocycles. The van der Waals surface area contributed by atoms with E-state index in [2.05, 4.69) is 0 Å². The van der Waals surface area contributed by atoms with Crippen LogP contribution < -0.4 is 0 Å². The molecule has 0 spiro atoms. The van der Waals surface area contributed by atoms with Gasteiger partial charge in [-0.25, -0.2) is 0 Å². The van der Waals surface area contributed by atoms with E-state index >= 15 is 0 Å². The van der Waals surface area contributed by atoms with Crippen molar-refractivity contribution in [3.63, 3.8) is 0 Å². The van der Waals surface area contributed by atoms with Crippen molar-refractivity contribution in [3.05, 3.63) is 0 Å². The maximum atomic E-state index is 11.8. The molecule has 0 aliphatic rings. The zero-order valence-electron chi connectivity index (χ0n) is 10.4. The summed E-state index contributed by atoms with van der Waals surface area (Å²) in [6, 6.07) is 0.0552. The first-order chi connectivity index (χ1) is 7.34. The van der Waals surface area contributed by atoms with Crippen molar-refractivity contribution < 1.29 is 14.7 Å². The van der Waals surface area contributed by atoms with E-state index < -0.39 is 5.97 Å². The smallest absolute Gasteiger partial charge is 0.305 e. The molecule has 16 heavy (non-hydrogen) atoms. The zero-order chi connectivity index (χ0) is 12.7. The lowest BCUT2D eigenvalue weighted by Crippen LogP contribution is -2.39. The van der Waals surface area contributed by atoms with E-state index in [1.54, 1.807) is 16.7 Å². The van der Waals surface area contributed by atoms with Crippen molar-refractivity contribution in [1.82, 2.24) is 4.90 Å². The number of carbonyl (C=O) groups excluding carboxylic acids is 1. The lowest BCUT2D eigenvalue weighted by molar-refractivity contribution is -0.138. The van der Waals surface area contributed by atoms with Crippen molar-refractivity contribution >= 4 is 23.6 Å². The molecule has 0 aromatic heterocycles. The number of hydrogen-bond acceptors (Lipinski definition) is 3. The quantitative estimate of drug-likeness (QED) is 0.746. The van der Waals surface area contributed by atoms with Crippen LogP contribution in [0.1, 0.15) is 34.1 Å². The third kappa shape index (κ3) is 6.71. The standard InChI is InChI=1S/C11H21NO3S/c1-8(2)12(6-5-11(14)15)10(13)7-16-9(3)4/h8-9H,5-7H2,1-4H3,(H,14,15). The Labute approximate surface area is 101 Å². The minimum absolute atomic E-state index is 0.0102. The van der Waals surface area contributed by atoms with Gasteiger partial charge < -0.3 is 10.0 Å².